The van der Waals surface area contributed by atoms with Gasteiger partial charge in [0.05, 0.1) is 0 Å². The molecular weight excluding hydrogens is 225 g/mol. The van der Waals surface area contributed by atoms with Gasteiger partial charge in [-0.15, -0.1) is 0 Å². The molecule has 3 atom stereocenters. The van der Waals surface area contributed by atoms with Crippen molar-refractivity contribution in [3.63, 3.8) is 0 Å². The first-order chi connectivity index (χ1) is 8.70. The SMILES string of the molecule is CCC(NC1CCCC(C)C1)c1ccccc1F. The van der Waals surface area contributed by atoms with E-state index in [0.717, 1.165) is 17.9 Å². The van der Waals surface area contributed by atoms with Gasteiger partial charge < -0.3 is 5.32 Å². The second kappa shape index (κ2) is 6.33. The number of hydrogen-bond donors (Lipinski definition) is 1. The number of rotatable bonds is 4. The lowest BCUT2D eigenvalue weighted by atomic mass is 9.86. The first kappa shape index (κ1) is 13.5. The van der Waals surface area contributed by atoms with Crippen LogP contribution in [0.15, 0.2) is 24.3 Å². The van der Waals surface area contributed by atoms with E-state index in [1.54, 1.807) is 12.1 Å². The van der Waals surface area contributed by atoms with Crippen molar-refractivity contribution < 1.29 is 4.39 Å². The molecule has 1 aliphatic carbocycles. The molecule has 1 aromatic rings. The molecule has 0 aromatic heterocycles. The molecule has 0 spiro atoms. The van der Waals surface area contributed by atoms with Gasteiger partial charge in [0.15, 0.2) is 0 Å². The van der Waals surface area contributed by atoms with Crippen molar-refractivity contribution in [2.75, 3.05) is 0 Å². The molecule has 0 saturated heterocycles. The van der Waals surface area contributed by atoms with E-state index < -0.39 is 0 Å². The van der Waals surface area contributed by atoms with E-state index >= 15 is 0 Å². The second-order valence-electron chi connectivity index (χ2n) is 5.62. The van der Waals surface area contributed by atoms with Crippen LogP contribution in [0, 0.1) is 11.7 Å². The summed E-state index contributed by atoms with van der Waals surface area (Å²) in [5.74, 6) is 0.718. The normalized spacial score (nSPS) is 25.9. The minimum Gasteiger partial charge on any atom is -0.307 e. The summed E-state index contributed by atoms with van der Waals surface area (Å²) in [6.45, 7) is 4.44. The maximum absolute atomic E-state index is 13.8. The van der Waals surface area contributed by atoms with Crippen LogP contribution in [0.5, 0.6) is 0 Å². The maximum Gasteiger partial charge on any atom is 0.127 e. The van der Waals surface area contributed by atoms with E-state index in [1.165, 1.54) is 25.7 Å². The summed E-state index contributed by atoms with van der Waals surface area (Å²) in [6.07, 6.45) is 6.03. The second-order valence-corrected chi connectivity index (χ2v) is 5.62. The van der Waals surface area contributed by atoms with Gasteiger partial charge >= 0.3 is 0 Å². The van der Waals surface area contributed by atoms with Gasteiger partial charge in [0, 0.05) is 17.6 Å². The number of benzene rings is 1. The molecule has 1 saturated carbocycles. The van der Waals surface area contributed by atoms with Crippen LogP contribution in [-0.2, 0) is 0 Å². The molecule has 1 nitrogen and oxygen atoms in total. The van der Waals surface area contributed by atoms with Crippen LogP contribution in [0.25, 0.3) is 0 Å². The molecule has 0 amide bonds. The van der Waals surface area contributed by atoms with E-state index in [0.29, 0.717) is 6.04 Å². The first-order valence-electron chi connectivity index (χ1n) is 7.21. The van der Waals surface area contributed by atoms with Crippen molar-refractivity contribution in [3.8, 4) is 0 Å². The zero-order valence-corrected chi connectivity index (χ0v) is 11.5. The lowest BCUT2D eigenvalue weighted by molar-refractivity contribution is 0.276. The Labute approximate surface area is 110 Å². The Morgan fingerprint density at radius 3 is 2.78 bits per heavy atom. The Bertz CT molecular complexity index is 377. The summed E-state index contributed by atoms with van der Waals surface area (Å²) in [5.41, 5.74) is 0.818. The number of nitrogens with one attached hydrogen (secondary N) is 1. The molecular formula is C16H24FN. The van der Waals surface area contributed by atoms with Gasteiger partial charge in [-0.2, -0.15) is 0 Å². The third kappa shape index (κ3) is 3.32. The summed E-state index contributed by atoms with van der Waals surface area (Å²) >= 11 is 0. The van der Waals surface area contributed by atoms with Crippen molar-refractivity contribution in [1.82, 2.24) is 5.32 Å². The minimum absolute atomic E-state index is 0.0827. The number of hydrogen-bond acceptors (Lipinski definition) is 1. The fourth-order valence-corrected chi connectivity index (χ4v) is 3.06. The third-order valence-electron chi connectivity index (χ3n) is 4.06. The van der Waals surface area contributed by atoms with Crippen molar-refractivity contribution in [2.24, 2.45) is 5.92 Å². The van der Waals surface area contributed by atoms with E-state index in [4.69, 9.17) is 0 Å². The van der Waals surface area contributed by atoms with Gasteiger partial charge in [0.25, 0.3) is 0 Å². The fourth-order valence-electron chi connectivity index (χ4n) is 3.06. The van der Waals surface area contributed by atoms with Gasteiger partial charge in [0.2, 0.25) is 0 Å². The average Bonchev–Trinajstić information content (AvgIpc) is 2.37. The highest BCUT2D eigenvalue weighted by Crippen LogP contribution is 2.27. The monoisotopic (exact) mass is 249 g/mol. The molecule has 1 aromatic carbocycles. The van der Waals surface area contributed by atoms with Crippen LogP contribution in [-0.4, -0.2) is 6.04 Å². The lowest BCUT2D eigenvalue weighted by Gasteiger charge is -2.31. The van der Waals surface area contributed by atoms with Gasteiger partial charge in [-0.05, 0) is 31.2 Å². The van der Waals surface area contributed by atoms with Gasteiger partial charge in [-0.1, -0.05) is 44.9 Å². The van der Waals surface area contributed by atoms with E-state index in [2.05, 4.69) is 19.2 Å². The molecule has 100 valence electrons. The van der Waals surface area contributed by atoms with Crippen LogP contribution in [0.4, 0.5) is 4.39 Å². The number of halogens is 1. The summed E-state index contributed by atoms with van der Waals surface area (Å²) in [7, 11) is 0. The molecule has 1 aliphatic rings. The van der Waals surface area contributed by atoms with Gasteiger partial charge in [-0.25, -0.2) is 4.39 Å². The highest BCUT2D eigenvalue weighted by Gasteiger charge is 2.22. The molecule has 3 unspecified atom stereocenters. The van der Waals surface area contributed by atoms with Gasteiger partial charge in [0.1, 0.15) is 5.82 Å². The zero-order valence-electron chi connectivity index (χ0n) is 11.5. The van der Waals surface area contributed by atoms with Crippen molar-refractivity contribution in [3.05, 3.63) is 35.6 Å². The topological polar surface area (TPSA) is 12.0 Å². The smallest absolute Gasteiger partial charge is 0.127 e. The Balaban J connectivity index is 2.03. The highest BCUT2D eigenvalue weighted by atomic mass is 19.1. The largest absolute Gasteiger partial charge is 0.307 e. The predicted octanol–water partition coefficient (Wildman–Crippen LogP) is 4.45. The lowest BCUT2D eigenvalue weighted by Crippen LogP contribution is -2.36. The van der Waals surface area contributed by atoms with Crippen LogP contribution < -0.4 is 5.32 Å². The van der Waals surface area contributed by atoms with Crippen LogP contribution in [0.1, 0.15) is 57.6 Å². The Kier molecular flexibility index (Phi) is 4.76. The molecule has 18 heavy (non-hydrogen) atoms. The maximum atomic E-state index is 13.8. The van der Waals surface area contributed by atoms with Crippen LogP contribution >= 0.6 is 0 Å². The van der Waals surface area contributed by atoms with E-state index in [1.807, 2.05) is 12.1 Å². The Hall–Kier alpha value is -0.890. The van der Waals surface area contributed by atoms with Gasteiger partial charge in [-0.3, -0.25) is 0 Å². The quantitative estimate of drug-likeness (QED) is 0.831. The summed E-state index contributed by atoms with van der Waals surface area (Å²) in [4.78, 5) is 0. The molecule has 1 N–H and O–H groups in total. The average molecular weight is 249 g/mol. The Morgan fingerprint density at radius 2 is 2.11 bits per heavy atom. The highest BCUT2D eigenvalue weighted by molar-refractivity contribution is 5.21. The van der Waals surface area contributed by atoms with E-state index in [9.17, 15) is 4.39 Å². The standard InChI is InChI=1S/C16H24FN/c1-3-16(14-9-4-5-10-15(14)17)18-13-8-6-7-12(2)11-13/h4-5,9-10,12-13,16,18H,3,6-8,11H2,1-2H3. The minimum atomic E-state index is -0.0827. The Morgan fingerprint density at radius 1 is 1.33 bits per heavy atom. The fraction of sp³-hybridized carbons (Fsp3) is 0.625. The molecule has 0 bridgehead atoms. The summed E-state index contributed by atoms with van der Waals surface area (Å²) in [5, 5.41) is 3.65. The zero-order chi connectivity index (χ0) is 13.0. The van der Waals surface area contributed by atoms with Crippen LogP contribution in [0.3, 0.4) is 0 Å². The van der Waals surface area contributed by atoms with Crippen molar-refractivity contribution >= 4 is 0 Å². The summed E-state index contributed by atoms with van der Waals surface area (Å²) < 4.78 is 13.8. The van der Waals surface area contributed by atoms with Crippen LogP contribution in [0.2, 0.25) is 0 Å². The summed E-state index contributed by atoms with van der Waals surface area (Å²) in [6, 6.07) is 7.85. The van der Waals surface area contributed by atoms with Crippen molar-refractivity contribution in [2.45, 2.75) is 58.0 Å². The van der Waals surface area contributed by atoms with Crippen molar-refractivity contribution in [1.29, 1.82) is 0 Å². The molecule has 0 aliphatic heterocycles. The molecule has 1 fully saturated rings. The molecule has 2 heteroatoms. The third-order valence-corrected chi connectivity index (χ3v) is 4.06. The predicted molar refractivity (Wildman–Crippen MR) is 74.0 cm³/mol. The first-order valence-corrected chi connectivity index (χ1v) is 7.21. The molecule has 0 heterocycles. The molecule has 2 rings (SSSR count). The molecule has 0 radical (unpaired) electrons. The van der Waals surface area contributed by atoms with E-state index in [-0.39, 0.29) is 11.9 Å².